The van der Waals surface area contributed by atoms with Crippen LogP contribution >= 0.6 is 0 Å². The van der Waals surface area contributed by atoms with Crippen LogP contribution in [0, 0.1) is 11.3 Å². The Balaban J connectivity index is 1.60. The molecule has 2 amide bonds. The maximum atomic E-state index is 14.8. The van der Waals surface area contributed by atoms with Crippen molar-refractivity contribution < 1.29 is 23.1 Å². The zero-order chi connectivity index (χ0) is 30.6. The minimum absolute atomic E-state index is 0.0435. The second kappa shape index (κ2) is 10.7. The van der Waals surface area contributed by atoms with E-state index in [1.165, 1.54) is 0 Å². The maximum absolute atomic E-state index is 14.8. The van der Waals surface area contributed by atoms with Gasteiger partial charge in [0.2, 0.25) is 11.8 Å². The van der Waals surface area contributed by atoms with Crippen LogP contribution in [0.2, 0.25) is 0 Å². The number of aliphatic hydroxyl groups excluding tert-OH is 1. The molecule has 2 aliphatic rings. The first-order valence-electron chi connectivity index (χ1n) is 14.5. The lowest BCUT2D eigenvalue weighted by molar-refractivity contribution is -0.136. The highest BCUT2D eigenvalue weighted by molar-refractivity contribution is 7.90. The van der Waals surface area contributed by atoms with Gasteiger partial charge >= 0.3 is 0 Å². The SMILES string of the molecule is CC(C)[C@@H]1N(C(=O)CC(C)(C)C)CC[C@@]12C(=O)N(c1cccc(-c3ccc(CO)c(S(C)(=O)=O)c3)c1)c1ccccc12. The smallest absolute Gasteiger partial charge is 0.244 e. The Labute approximate surface area is 249 Å². The molecule has 8 heteroatoms. The second-order valence-electron chi connectivity index (χ2n) is 13.2. The minimum Gasteiger partial charge on any atom is -0.392 e. The molecule has 3 aromatic carbocycles. The lowest BCUT2D eigenvalue weighted by Crippen LogP contribution is -2.53. The van der Waals surface area contributed by atoms with Gasteiger partial charge in [-0.1, -0.05) is 77.1 Å². The van der Waals surface area contributed by atoms with Crippen molar-refractivity contribution in [1.29, 1.82) is 0 Å². The van der Waals surface area contributed by atoms with Gasteiger partial charge in [-0.2, -0.15) is 0 Å². The third kappa shape index (κ3) is 5.05. The van der Waals surface area contributed by atoms with Gasteiger partial charge < -0.3 is 10.0 Å². The summed E-state index contributed by atoms with van der Waals surface area (Å²) in [5, 5.41) is 9.69. The van der Waals surface area contributed by atoms with Crippen LogP contribution in [0.15, 0.2) is 71.6 Å². The molecule has 1 N–H and O–H groups in total. The van der Waals surface area contributed by atoms with Gasteiger partial charge in [-0.05, 0) is 64.3 Å². The highest BCUT2D eigenvalue weighted by Gasteiger charge is 2.62. The highest BCUT2D eigenvalue weighted by atomic mass is 32.2. The number of hydrogen-bond donors (Lipinski definition) is 1. The van der Waals surface area contributed by atoms with E-state index in [9.17, 15) is 23.1 Å². The average molecular weight is 589 g/mol. The predicted molar refractivity (Wildman–Crippen MR) is 165 cm³/mol. The van der Waals surface area contributed by atoms with E-state index in [2.05, 4.69) is 34.6 Å². The second-order valence-corrected chi connectivity index (χ2v) is 15.2. The molecule has 222 valence electrons. The summed E-state index contributed by atoms with van der Waals surface area (Å²) in [7, 11) is -3.56. The molecule has 2 atom stereocenters. The molecule has 2 aliphatic heterocycles. The Kier molecular flexibility index (Phi) is 7.60. The van der Waals surface area contributed by atoms with E-state index < -0.39 is 15.3 Å². The zero-order valence-electron chi connectivity index (χ0n) is 25.2. The Morgan fingerprint density at radius 3 is 2.36 bits per heavy atom. The Bertz CT molecular complexity index is 1660. The Morgan fingerprint density at radius 2 is 1.71 bits per heavy atom. The molecule has 0 aromatic heterocycles. The first-order valence-corrected chi connectivity index (χ1v) is 16.4. The van der Waals surface area contributed by atoms with Crippen LogP contribution in [0.1, 0.15) is 58.6 Å². The summed E-state index contributed by atoms with van der Waals surface area (Å²) in [6.07, 6.45) is 2.10. The van der Waals surface area contributed by atoms with Crippen molar-refractivity contribution >= 4 is 33.0 Å². The molecule has 7 nitrogen and oxygen atoms in total. The summed E-state index contributed by atoms with van der Waals surface area (Å²) in [4.78, 5) is 32.1. The van der Waals surface area contributed by atoms with Gasteiger partial charge in [0.05, 0.1) is 28.6 Å². The van der Waals surface area contributed by atoms with E-state index in [4.69, 9.17) is 0 Å². The van der Waals surface area contributed by atoms with Gasteiger partial charge in [-0.25, -0.2) is 8.42 Å². The highest BCUT2D eigenvalue weighted by Crippen LogP contribution is 2.55. The Hall–Kier alpha value is -3.49. The molecule has 2 heterocycles. The van der Waals surface area contributed by atoms with Gasteiger partial charge in [0.15, 0.2) is 9.84 Å². The van der Waals surface area contributed by atoms with Crippen LogP contribution in [0.3, 0.4) is 0 Å². The van der Waals surface area contributed by atoms with E-state index in [-0.39, 0.29) is 40.7 Å². The van der Waals surface area contributed by atoms with E-state index in [0.29, 0.717) is 36.2 Å². The predicted octanol–water partition coefficient (Wildman–Crippen LogP) is 5.86. The molecule has 5 rings (SSSR count). The standard InChI is InChI=1S/C34H40N2O5S/c1-22(2)31-34(16-17-35(31)30(38)20-33(3,4)5)27-12-7-8-13-28(27)36(32(34)39)26-11-9-10-23(18-26)24-14-15-25(21-37)29(19-24)42(6,40)41/h7-15,18-19,22,31,37H,16-17,20-21H2,1-6H3/t31-,34-/m0/s1. The number of nitrogens with zero attached hydrogens (tertiary/aromatic N) is 2. The molecule has 0 radical (unpaired) electrons. The number of hydrogen-bond acceptors (Lipinski definition) is 5. The molecule has 1 saturated heterocycles. The number of likely N-dealkylation sites (tertiary alicyclic amines) is 1. The average Bonchev–Trinajstić information content (AvgIpc) is 3.44. The minimum atomic E-state index is -3.56. The number of rotatable bonds is 6. The Morgan fingerprint density at radius 1 is 1.02 bits per heavy atom. The fourth-order valence-electron chi connectivity index (χ4n) is 6.90. The van der Waals surface area contributed by atoms with Crippen molar-refractivity contribution in [2.75, 3.05) is 17.7 Å². The summed E-state index contributed by atoms with van der Waals surface area (Å²) in [5.41, 5.74) is 3.17. The van der Waals surface area contributed by atoms with Crippen LogP contribution in [-0.4, -0.2) is 49.1 Å². The van der Waals surface area contributed by atoms with Crippen molar-refractivity contribution in [2.45, 2.75) is 70.4 Å². The summed E-state index contributed by atoms with van der Waals surface area (Å²) in [6, 6.07) is 20.1. The fraction of sp³-hybridized carbons (Fsp3) is 0.412. The van der Waals surface area contributed by atoms with Crippen molar-refractivity contribution in [2.24, 2.45) is 11.3 Å². The molecule has 0 saturated carbocycles. The monoisotopic (exact) mass is 588 g/mol. The molecule has 42 heavy (non-hydrogen) atoms. The van der Waals surface area contributed by atoms with Crippen LogP contribution in [0.4, 0.5) is 11.4 Å². The number of para-hydroxylation sites is 1. The number of fused-ring (bicyclic) bond motifs is 2. The summed E-state index contributed by atoms with van der Waals surface area (Å²) < 4.78 is 24.9. The van der Waals surface area contributed by atoms with E-state index in [1.54, 1.807) is 23.1 Å². The number of anilines is 2. The molecular weight excluding hydrogens is 548 g/mol. The van der Waals surface area contributed by atoms with Gasteiger partial charge in [0.1, 0.15) is 0 Å². The number of sulfone groups is 1. The first kappa shape index (κ1) is 30.0. The summed E-state index contributed by atoms with van der Waals surface area (Å²) >= 11 is 0. The van der Waals surface area contributed by atoms with E-state index >= 15 is 0 Å². The lowest BCUT2D eigenvalue weighted by atomic mass is 9.71. The number of aliphatic hydroxyl groups is 1. The van der Waals surface area contributed by atoms with Gasteiger partial charge in [-0.3, -0.25) is 14.5 Å². The third-order valence-corrected chi connectivity index (χ3v) is 9.69. The van der Waals surface area contributed by atoms with E-state index in [1.807, 2.05) is 53.4 Å². The lowest BCUT2D eigenvalue weighted by Gasteiger charge is -2.38. The van der Waals surface area contributed by atoms with E-state index in [0.717, 1.165) is 23.1 Å². The molecule has 1 spiro atoms. The van der Waals surface area contributed by atoms with Gasteiger partial charge in [0.25, 0.3) is 0 Å². The normalized spacial score (nSPS) is 20.6. The van der Waals surface area contributed by atoms with Gasteiger partial charge in [-0.15, -0.1) is 0 Å². The fourth-order valence-corrected chi connectivity index (χ4v) is 7.85. The van der Waals surface area contributed by atoms with Crippen LogP contribution in [0.25, 0.3) is 11.1 Å². The summed E-state index contributed by atoms with van der Waals surface area (Å²) in [6.45, 7) is 10.5. The molecule has 3 aromatic rings. The third-order valence-electron chi connectivity index (χ3n) is 8.51. The van der Waals surface area contributed by atoms with Crippen LogP contribution < -0.4 is 4.90 Å². The number of amides is 2. The maximum Gasteiger partial charge on any atom is 0.244 e. The van der Waals surface area contributed by atoms with Gasteiger partial charge in [0, 0.05) is 24.9 Å². The molecule has 0 aliphatic carbocycles. The molecular formula is C34H40N2O5S. The number of carbonyl (C=O) groups is 2. The van der Waals surface area contributed by atoms with Crippen LogP contribution in [-0.2, 0) is 31.4 Å². The first-order chi connectivity index (χ1) is 19.7. The largest absolute Gasteiger partial charge is 0.392 e. The summed E-state index contributed by atoms with van der Waals surface area (Å²) in [5.74, 6) is 0.0917. The number of carbonyl (C=O) groups excluding carboxylic acids is 2. The quantitative estimate of drug-likeness (QED) is 0.389. The topological polar surface area (TPSA) is 95.0 Å². The van der Waals surface area contributed by atoms with Crippen molar-refractivity contribution in [1.82, 2.24) is 4.90 Å². The number of benzene rings is 3. The molecule has 0 unspecified atom stereocenters. The van der Waals surface area contributed by atoms with Crippen molar-refractivity contribution in [3.63, 3.8) is 0 Å². The van der Waals surface area contributed by atoms with Crippen molar-refractivity contribution in [3.05, 3.63) is 77.9 Å². The van der Waals surface area contributed by atoms with Crippen molar-refractivity contribution in [3.8, 4) is 11.1 Å². The molecule has 0 bridgehead atoms. The molecule has 1 fully saturated rings. The zero-order valence-corrected chi connectivity index (χ0v) is 26.0. The van der Waals surface area contributed by atoms with Crippen LogP contribution in [0.5, 0.6) is 0 Å².